The van der Waals surface area contributed by atoms with E-state index in [0.29, 0.717) is 11.3 Å². The first-order chi connectivity index (χ1) is 10.1. The zero-order valence-electron chi connectivity index (χ0n) is 13.9. The lowest BCUT2D eigenvalue weighted by atomic mass is 9.78. The second kappa shape index (κ2) is 5.42. The lowest BCUT2D eigenvalue weighted by molar-refractivity contribution is -0.116. The van der Waals surface area contributed by atoms with E-state index in [1.807, 2.05) is 33.8 Å². The molecule has 1 aromatic carbocycles. The number of carbonyl (C=O) groups excluding carboxylic acids is 1. The van der Waals surface area contributed by atoms with Gasteiger partial charge in [-0.1, -0.05) is 0 Å². The number of rotatable bonds is 2. The fraction of sp³-hybridized carbons (Fsp3) is 0.500. The molecule has 1 fully saturated rings. The van der Waals surface area contributed by atoms with Gasteiger partial charge in [0.15, 0.2) is 0 Å². The standard InChI is InChI=1S/C16H21BN2O3/c1-11(20)19(6)14-8-12(10-18)7-13(9-14)17-21-15(2,3)16(4,5)22-17/h7-9H,1-6H3. The zero-order valence-corrected chi connectivity index (χ0v) is 13.9. The second-order valence-electron chi connectivity index (χ2n) is 6.59. The maximum atomic E-state index is 11.6. The molecular formula is C16H21BN2O3. The molecule has 0 saturated carbocycles. The van der Waals surface area contributed by atoms with E-state index in [2.05, 4.69) is 6.07 Å². The van der Waals surface area contributed by atoms with Crippen molar-refractivity contribution in [3.8, 4) is 6.07 Å². The molecule has 1 amide bonds. The molecule has 0 bridgehead atoms. The summed E-state index contributed by atoms with van der Waals surface area (Å²) < 4.78 is 12.0. The highest BCUT2D eigenvalue weighted by atomic mass is 16.7. The molecular weight excluding hydrogens is 279 g/mol. The Morgan fingerprint density at radius 2 is 1.73 bits per heavy atom. The van der Waals surface area contributed by atoms with Gasteiger partial charge < -0.3 is 14.2 Å². The molecule has 0 radical (unpaired) electrons. The van der Waals surface area contributed by atoms with Crippen LogP contribution < -0.4 is 10.4 Å². The van der Waals surface area contributed by atoms with Crippen LogP contribution in [-0.4, -0.2) is 31.3 Å². The molecule has 22 heavy (non-hydrogen) atoms. The fourth-order valence-corrected chi connectivity index (χ4v) is 2.19. The Morgan fingerprint density at radius 3 is 2.18 bits per heavy atom. The van der Waals surface area contributed by atoms with Crippen LogP contribution in [0.5, 0.6) is 0 Å². The predicted molar refractivity (Wildman–Crippen MR) is 86.0 cm³/mol. The summed E-state index contributed by atoms with van der Waals surface area (Å²) in [5, 5.41) is 9.22. The molecule has 6 heteroatoms. The summed E-state index contributed by atoms with van der Waals surface area (Å²) in [4.78, 5) is 13.1. The first-order valence-electron chi connectivity index (χ1n) is 7.22. The molecule has 0 N–H and O–H groups in total. The Hall–Kier alpha value is -1.84. The largest absolute Gasteiger partial charge is 0.494 e. The van der Waals surface area contributed by atoms with Crippen LogP contribution >= 0.6 is 0 Å². The molecule has 0 unspecified atom stereocenters. The second-order valence-corrected chi connectivity index (χ2v) is 6.59. The van der Waals surface area contributed by atoms with E-state index in [0.717, 1.165) is 5.46 Å². The molecule has 1 aliphatic rings. The third kappa shape index (κ3) is 2.87. The maximum absolute atomic E-state index is 11.6. The highest BCUT2D eigenvalue weighted by Gasteiger charge is 2.51. The van der Waals surface area contributed by atoms with E-state index in [9.17, 15) is 10.1 Å². The minimum Gasteiger partial charge on any atom is -0.399 e. The average molecular weight is 300 g/mol. The van der Waals surface area contributed by atoms with Gasteiger partial charge in [-0.15, -0.1) is 0 Å². The van der Waals surface area contributed by atoms with Gasteiger partial charge in [0.2, 0.25) is 5.91 Å². The summed E-state index contributed by atoms with van der Waals surface area (Å²) in [6.45, 7) is 9.38. The van der Waals surface area contributed by atoms with Crippen LogP contribution in [0.4, 0.5) is 5.69 Å². The fourth-order valence-electron chi connectivity index (χ4n) is 2.19. The van der Waals surface area contributed by atoms with Gasteiger partial charge in [-0.05, 0) is 51.4 Å². The summed E-state index contributed by atoms with van der Waals surface area (Å²) >= 11 is 0. The van der Waals surface area contributed by atoms with E-state index in [1.54, 1.807) is 19.2 Å². The number of amides is 1. The summed E-state index contributed by atoms with van der Waals surface area (Å²) in [7, 11) is 1.12. The molecule has 1 aromatic rings. The van der Waals surface area contributed by atoms with Crippen LogP contribution in [0.1, 0.15) is 40.2 Å². The van der Waals surface area contributed by atoms with Crippen LogP contribution in [0.15, 0.2) is 18.2 Å². The van der Waals surface area contributed by atoms with Gasteiger partial charge in [-0.2, -0.15) is 5.26 Å². The number of nitrogens with zero attached hydrogens (tertiary/aromatic N) is 2. The van der Waals surface area contributed by atoms with E-state index >= 15 is 0 Å². The monoisotopic (exact) mass is 300 g/mol. The number of nitriles is 1. The average Bonchev–Trinajstić information content (AvgIpc) is 2.66. The lowest BCUT2D eigenvalue weighted by Gasteiger charge is -2.32. The summed E-state index contributed by atoms with van der Waals surface area (Å²) in [6, 6.07) is 7.35. The van der Waals surface area contributed by atoms with Crippen molar-refractivity contribution in [1.29, 1.82) is 5.26 Å². The number of anilines is 1. The Bertz CT molecular complexity index is 633. The molecule has 0 aromatic heterocycles. The topological polar surface area (TPSA) is 62.6 Å². The lowest BCUT2D eigenvalue weighted by Crippen LogP contribution is -2.41. The van der Waals surface area contributed by atoms with Crippen molar-refractivity contribution in [1.82, 2.24) is 0 Å². The molecule has 0 aliphatic carbocycles. The number of benzene rings is 1. The first-order valence-corrected chi connectivity index (χ1v) is 7.22. The van der Waals surface area contributed by atoms with Crippen molar-refractivity contribution in [3.63, 3.8) is 0 Å². The van der Waals surface area contributed by atoms with Crippen LogP contribution in [0, 0.1) is 11.3 Å². The molecule has 1 saturated heterocycles. The Kier molecular flexibility index (Phi) is 4.07. The summed E-state index contributed by atoms with van der Waals surface area (Å²) in [6.07, 6.45) is 0. The van der Waals surface area contributed by atoms with E-state index in [-0.39, 0.29) is 5.91 Å². The smallest absolute Gasteiger partial charge is 0.399 e. The van der Waals surface area contributed by atoms with Crippen molar-refractivity contribution in [3.05, 3.63) is 23.8 Å². The van der Waals surface area contributed by atoms with Crippen LogP contribution in [-0.2, 0) is 14.1 Å². The van der Waals surface area contributed by atoms with Crippen molar-refractivity contribution >= 4 is 24.2 Å². The number of hydrogen-bond acceptors (Lipinski definition) is 4. The molecule has 116 valence electrons. The van der Waals surface area contributed by atoms with Crippen LogP contribution in [0.25, 0.3) is 0 Å². The summed E-state index contributed by atoms with van der Waals surface area (Å²) in [5.41, 5.74) is 0.951. The van der Waals surface area contributed by atoms with Crippen molar-refractivity contribution in [2.45, 2.75) is 45.8 Å². The van der Waals surface area contributed by atoms with Gasteiger partial charge in [0.1, 0.15) is 0 Å². The van der Waals surface area contributed by atoms with Crippen molar-refractivity contribution < 1.29 is 14.1 Å². The van der Waals surface area contributed by atoms with Gasteiger partial charge in [0, 0.05) is 19.7 Å². The van der Waals surface area contributed by atoms with E-state index in [4.69, 9.17) is 9.31 Å². The SMILES string of the molecule is CC(=O)N(C)c1cc(C#N)cc(B2OC(C)(C)C(C)(C)O2)c1. The molecule has 1 aliphatic heterocycles. The maximum Gasteiger partial charge on any atom is 0.494 e. The van der Waals surface area contributed by atoms with Gasteiger partial charge in [0.25, 0.3) is 0 Å². The molecule has 2 rings (SSSR count). The van der Waals surface area contributed by atoms with E-state index < -0.39 is 18.3 Å². The number of carbonyl (C=O) groups is 1. The number of hydrogen-bond donors (Lipinski definition) is 0. The van der Waals surface area contributed by atoms with Gasteiger partial charge in [-0.3, -0.25) is 4.79 Å². The highest BCUT2D eigenvalue weighted by Crippen LogP contribution is 2.36. The van der Waals surface area contributed by atoms with E-state index in [1.165, 1.54) is 11.8 Å². The quantitative estimate of drug-likeness (QED) is 0.782. The molecule has 0 spiro atoms. The van der Waals surface area contributed by atoms with Gasteiger partial charge in [-0.25, -0.2) is 0 Å². The van der Waals surface area contributed by atoms with Crippen molar-refractivity contribution in [2.75, 3.05) is 11.9 Å². The third-order valence-corrected chi connectivity index (χ3v) is 4.45. The molecule has 5 nitrogen and oxygen atoms in total. The van der Waals surface area contributed by atoms with Crippen LogP contribution in [0.2, 0.25) is 0 Å². The van der Waals surface area contributed by atoms with Crippen LogP contribution in [0.3, 0.4) is 0 Å². The Labute approximate surface area is 132 Å². The Balaban J connectivity index is 2.43. The van der Waals surface area contributed by atoms with Crippen molar-refractivity contribution in [2.24, 2.45) is 0 Å². The minimum atomic E-state index is -0.558. The van der Waals surface area contributed by atoms with Gasteiger partial charge in [0.05, 0.1) is 22.8 Å². The Morgan fingerprint density at radius 1 is 1.18 bits per heavy atom. The minimum absolute atomic E-state index is 0.102. The molecule has 0 atom stereocenters. The third-order valence-electron chi connectivity index (χ3n) is 4.45. The van der Waals surface area contributed by atoms with Gasteiger partial charge >= 0.3 is 7.12 Å². The predicted octanol–water partition coefficient (Wildman–Crippen LogP) is 1.84. The zero-order chi connectivity index (χ0) is 16.7. The normalized spacial score (nSPS) is 18.9. The highest BCUT2D eigenvalue weighted by molar-refractivity contribution is 6.62. The first kappa shape index (κ1) is 16.5. The molecule has 1 heterocycles. The summed E-state index contributed by atoms with van der Waals surface area (Å²) in [5.74, 6) is -0.102.